The summed E-state index contributed by atoms with van der Waals surface area (Å²) in [5, 5.41) is 2.79. The number of ether oxygens (including phenoxy) is 2. The van der Waals surface area contributed by atoms with Gasteiger partial charge in [0, 0.05) is 11.7 Å². The summed E-state index contributed by atoms with van der Waals surface area (Å²) >= 11 is 1.17. The molecule has 0 aliphatic carbocycles. The quantitative estimate of drug-likeness (QED) is 0.717. The Hall–Kier alpha value is -2.80. The number of rotatable bonds is 6. The topological polar surface area (TPSA) is 69.6 Å². The van der Waals surface area contributed by atoms with Crippen LogP contribution in [-0.2, 0) is 4.79 Å². The van der Waals surface area contributed by atoms with E-state index in [1.54, 1.807) is 35.9 Å². The van der Waals surface area contributed by atoms with Gasteiger partial charge in [-0.15, -0.1) is 0 Å². The first kappa shape index (κ1) is 18.0. The van der Waals surface area contributed by atoms with Gasteiger partial charge in [0.15, 0.2) is 18.1 Å². The minimum Gasteiger partial charge on any atom is -0.493 e. The van der Waals surface area contributed by atoms with Crippen LogP contribution < -0.4 is 19.7 Å². The Balaban J connectivity index is 1.70. The largest absolute Gasteiger partial charge is 0.493 e. The lowest BCUT2D eigenvalue weighted by atomic mass is 10.2. The summed E-state index contributed by atoms with van der Waals surface area (Å²) < 4.78 is 13.3. The molecule has 0 spiro atoms. The lowest BCUT2D eigenvalue weighted by Crippen LogP contribution is -2.20. The van der Waals surface area contributed by atoms with Gasteiger partial charge in [-0.05, 0) is 44.2 Å². The molecule has 1 amide bonds. The van der Waals surface area contributed by atoms with E-state index in [0.29, 0.717) is 17.2 Å². The van der Waals surface area contributed by atoms with Crippen LogP contribution >= 0.6 is 11.3 Å². The Morgan fingerprint density at radius 3 is 2.62 bits per heavy atom. The molecule has 6 nitrogen and oxygen atoms in total. The molecule has 1 N–H and O–H groups in total. The molecule has 2 aromatic carbocycles. The van der Waals surface area contributed by atoms with Crippen LogP contribution in [0.15, 0.2) is 47.3 Å². The van der Waals surface area contributed by atoms with E-state index < -0.39 is 0 Å². The minimum absolute atomic E-state index is 0.00187. The lowest BCUT2D eigenvalue weighted by molar-refractivity contribution is -0.118. The zero-order valence-corrected chi connectivity index (χ0v) is 15.6. The number of anilines is 1. The summed E-state index contributed by atoms with van der Waals surface area (Å²) in [7, 11) is 1.55. The van der Waals surface area contributed by atoms with Gasteiger partial charge in [0.2, 0.25) is 0 Å². The molecule has 0 bridgehead atoms. The first-order chi connectivity index (χ1) is 12.5. The van der Waals surface area contributed by atoms with Crippen LogP contribution in [0.5, 0.6) is 11.5 Å². The molecule has 0 saturated heterocycles. The predicted molar refractivity (Wildman–Crippen MR) is 104 cm³/mol. The fraction of sp³-hybridized carbons (Fsp3) is 0.263. The smallest absolute Gasteiger partial charge is 0.308 e. The second-order valence-corrected chi connectivity index (χ2v) is 7.00. The van der Waals surface area contributed by atoms with Gasteiger partial charge in [-0.25, -0.2) is 0 Å². The van der Waals surface area contributed by atoms with Gasteiger partial charge in [-0.1, -0.05) is 23.5 Å². The molecule has 7 heteroatoms. The highest BCUT2D eigenvalue weighted by atomic mass is 32.1. The highest BCUT2D eigenvalue weighted by molar-refractivity contribution is 7.16. The Bertz CT molecular complexity index is 991. The highest BCUT2D eigenvalue weighted by Crippen LogP contribution is 2.26. The number of hydrogen-bond acceptors (Lipinski definition) is 5. The van der Waals surface area contributed by atoms with Crippen molar-refractivity contribution in [2.45, 2.75) is 19.9 Å². The summed E-state index contributed by atoms with van der Waals surface area (Å²) in [4.78, 5) is 24.3. The van der Waals surface area contributed by atoms with Crippen molar-refractivity contribution in [1.82, 2.24) is 4.57 Å². The maximum absolute atomic E-state index is 12.2. The Morgan fingerprint density at radius 2 is 1.92 bits per heavy atom. The van der Waals surface area contributed by atoms with Gasteiger partial charge in [0.1, 0.15) is 0 Å². The summed E-state index contributed by atoms with van der Waals surface area (Å²) in [6.45, 7) is 3.80. The van der Waals surface area contributed by atoms with Crippen LogP contribution in [0.3, 0.4) is 0 Å². The van der Waals surface area contributed by atoms with Gasteiger partial charge in [-0.2, -0.15) is 0 Å². The summed E-state index contributed by atoms with van der Waals surface area (Å²) in [5.41, 5.74) is 1.50. The van der Waals surface area contributed by atoms with Crippen LogP contribution in [0.25, 0.3) is 10.2 Å². The summed E-state index contributed by atoms with van der Waals surface area (Å²) in [6.07, 6.45) is 0. The van der Waals surface area contributed by atoms with Crippen molar-refractivity contribution in [1.29, 1.82) is 0 Å². The second-order valence-electron chi connectivity index (χ2n) is 6.00. The van der Waals surface area contributed by atoms with E-state index in [1.807, 2.05) is 32.0 Å². The van der Waals surface area contributed by atoms with E-state index in [2.05, 4.69) is 5.32 Å². The molecule has 0 saturated carbocycles. The van der Waals surface area contributed by atoms with Crippen molar-refractivity contribution < 1.29 is 14.3 Å². The maximum Gasteiger partial charge on any atom is 0.308 e. The van der Waals surface area contributed by atoms with Crippen LogP contribution in [0.4, 0.5) is 5.69 Å². The third-order valence-corrected chi connectivity index (χ3v) is 4.76. The predicted octanol–water partition coefficient (Wildman–Crippen LogP) is 3.67. The fourth-order valence-electron chi connectivity index (χ4n) is 2.68. The van der Waals surface area contributed by atoms with E-state index in [4.69, 9.17) is 9.47 Å². The number of nitrogens with zero attached hydrogens (tertiary/aromatic N) is 1. The number of carbonyl (C=O) groups excluding carboxylic acids is 1. The molecule has 0 unspecified atom stereocenters. The number of benzene rings is 2. The molecule has 0 atom stereocenters. The van der Waals surface area contributed by atoms with Crippen molar-refractivity contribution in [2.24, 2.45) is 0 Å². The van der Waals surface area contributed by atoms with Crippen molar-refractivity contribution in [3.05, 3.63) is 52.1 Å². The number of methoxy groups -OCH3 is 1. The zero-order valence-electron chi connectivity index (χ0n) is 14.8. The molecule has 136 valence electrons. The van der Waals surface area contributed by atoms with E-state index in [1.165, 1.54) is 11.3 Å². The third kappa shape index (κ3) is 3.72. The normalized spacial score (nSPS) is 10.9. The molecular formula is C19H20N2O4S. The number of carbonyl (C=O) groups is 1. The molecule has 3 rings (SSSR count). The van der Waals surface area contributed by atoms with Crippen molar-refractivity contribution >= 4 is 33.1 Å². The monoisotopic (exact) mass is 372 g/mol. The third-order valence-electron chi connectivity index (χ3n) is 3.84. The number of para-hydroxylation sites is 2. The number of hydrogen-bond donors (Lipinski definition) is 1. The SMILES string of the molecule is COc1ccccc1OCC(=O)Nc1ccc2c(c1)sc(=O)n2C(C)C. The minimum atomic E-state index is -0.286. The Morgan fingerprint density at radius 1 is 1.19 bits per heavy atom. The van der Waals surface area contributed by atoms with Gasteiger partial charge < -0.3 is 14.8 Å². The lowest BCUT2D eigenvalue weighted by Gasteiger charge is -2.11. The molecule has 1 heterocycles. The fourth-order valence-corrected chi connectivity index (χ4v) is 3.73. The van der Waals surface area contributed by atoms with E-state index in [9.17, 15) is 9.59 Å². The highest BCUT2D eigenvalue weighted by Gasteiger charge is 2.12. The first-order valence-electron chi connectivity index (χ1n) is 8.20. The molecule has 0 aliphatic rings. The van der Waals surface area contributed by atoms with E-state index in [-0.39, 0.29) is 23.4 Å². The first-order valence-corrected chi connectivity index (χ1v) is 9.02. The average Bonchev–Trinajstić information content (AvgIpc) is 2.95. The van der Waals surface area contributed by atoms with Crippen LogP contribution in [0.2, 0.25) is 0 Å². The van der Waals surface area contributed by atoms with Gasteiger partial charge in [0.05, 0.1) is 17.3 Å². The summed E-state index contributed by atoms with van der Waals surface area (Å²) in [6, 6.07) is 12.7. The van der Waals surface area contributed by atoms with Gasteiger partial charge in [-0.3, -0.25) is 14.2 Å². The molecular weight excluding hydrogens is 352 g/mol. The van der Waals surface area contributed by atoms with Crippen molar-refractivity contribution in [3.8, 4) is 11.5 Å². The van der Waals surface area contributed by atoms with E-state index >= 15 is 0 Å². The number of fused-ring (bicyclic) bond motifs is 1. The molecule has 0 radical (unpaired) electrons. The second kappa shape index (κ2) is 7.61. The average molecular weight is 372 g/mol. The Labute approximate surface area is 155 Å². The molecule has 26 heavy (non-hydrogen) atoms. The number of nitrogens with one attached hydrogen (secondary N) is 1. The van der Waals surface area contributed by atoms with Gasteiger partial charge in [0.25, 0.3) is 5.91 Å². The number of aromatic nitrogens is 1. The van der Waals surface area contributed by atoms with Crippen LogP contribution in [0, 0.1) is 0 Å². The van der Waals surface area contributed by atoms with Crippen LogP contribution in [-0.4, -0.2) is 24.2 Å². The molecule has 3 aromatic rings. The van der Waals surface area contributed by atoms with Crippen LogP contribution in [0.1, 0.15) is 19.9 Å². The van der Waals surface area contributed by atoms with Gasteiger partial charge >= 0.3 is 4.87 Å². The molecule has 0 aliphatic heterocycles. The molecule has 0 fully saturated rings. The van der Waals surface area contributed by atoms with Crippen molar-refractivity contribution in [3.63, 3.8) is 0 Å². The Kier molecular flexibility index (Phi) is 5.27. The van der Waals surface area contributed by atoms with E-state index in [0.717, 1.165) is 10.2 Å². The molecule has 1 aromatic heterocycles. The van der Waals surface area contributed by atoms with Crippen molar-refractivity contribution in [2.75, 3.05) is 19.0 Å². The zero-order chi connectivity index (χ0) is 18.7. The maximum atomic E-state index is 12.2. The summed E-state index contributed by atoms with van der Waals surface area (Å²) in [5.74, 6) is 0.792. The number of amides is 1. The number of thiazole rings is 1. The standard InChI is InChI=1S/C19H20N2O4S/c1-12(2)21-14-9-8-13(10-17(14)26-19(21)23)20-18(22)11-25-16-7-5-4-6-15(16)24-3/h4-10,12H,11H2,1-3H3,(H,20,22).